The van der Waals surface area contributed by atoms with Gasteiger partial charge in [-0.25, -0.2) is 4.39 Å². The predicted octanol–water partition coefficient (Wildman–Crippen LogP) is 5.64. The molecule has 0 atom stereocenters. The van der Waals surface area contributed by atoms with Crippen molar-refractivity contribution in [3.8, 4) is 11.5 Å². The monoisotopic (exact) mass is 448 g/mol. The molecule has 0 bridgehead atoms. The van der Waals surface area contributed by atoms with Crippen LogP contribution < -0.4 is 14.8 Å². The van der Waals surface area contributed by atoms with Crippen LogP contribution in [-0.4, -0.2) is 44.2 Å². The third kappa shape index (κ3) is 8.23. The third-order valence-electron chi connectivity index (χ3n) is 4.55. The second-order valence-corrected chi connectivity index (χ2v) is 7.48. The van der Waals surface area contributed by atoms with Crippen molar-refractivity contribution in [1.82, 2.24) is 4.90 Å². The number of amides is 1. The maximum Gasteiger partial charge on any atom is 0.248 e. The maximum absolute atomic E-state index is 13.8. The van der Waals surface area contributed by atoms with E-state index in [0.29, 0.717) is 28.8 Å². The highest BCUT2D eigenvalue weighted by molar-refractivity contribution is 6.30. The van der Waals surface area contributed by atoms with E-state index in [1.54, 1.807) is 31.4 Å². The van der Waals surface area contributed by atoms with Crippen LogP contribution in [0.25, 0.3) is 6.08 Å². The van der Waals surface area contributed by atoms with E-state index in [9.17, 15) is 9.18 Å². The summed E-state index contributed by atoms with van der Waals surface area (Å²) in [4.78, 5) is 14.6. The maximum atomic E-state index is 13.8. The largest absolute Gasteiger partial charge is 0.493 e. The smallest absolute Gasteiger partial charge is 0.248 e. The van der Waals surface area contributed by atoms with Gasteiger partial charge in [-0.05, 0) is 56.3 Å². The summed E-state index contributed by atoms with van der Waals surface area (Å²) in [5.41, 5.74) is 0.836. The molecule has 2 aromatic rings. The number of rotatable bonds is 12. The molecular formula is C24H30ClFN2O3. The number of benzene rings is 2. The van der Waals surface area contributed by atoms with Gasteiger partial charge in [0.15, 0.2) is 11.5 Å². The number of halogens is 2. The molecule has 0 saturated heterocycles. The van der Waals surface area contributed by atoms with Crippen LogP contribution in [0.2, 0.25) is 5.02 Å². The van der Waals surface area contributed by atoms with Crippen LogP contribution in [0.5, 0.6) is 11.5 Å². The van der Waals surface area contributed by atoms with E-state index in [1.165, 1.54) is 24.3 Å². The molecule has 0 fully saturated rings. The molecule has 5 nitrogen and oxygen atoms in total. The Labute approximate surface area is 188 Å². The molecule has 0 saturated carbocycles. The summed E-state index contributed by atoms with van der Waals surface area (Å²) < 4.78 is 25.1. The van der Waals surface area contributed by atoms with Gasteiger partial charge in [0.2, 0.25) is 5.91 Å². The summed E-state index contributed by atoms with van der Waals surface area (Å²) in [6.45, 7) is 7.72. The Bertz CT molecular complexity index is 883. The van der Waals surface area contributed by atoms with Gasteiger partial charge in [-0.2, -0.15) is 0 Å². The van der Waals surface area contributed by atoms with Crippen LogP contribution in [0.15, 0.2) is 42.5 Å². The van der Waals surface area contributed by atoms with E-state index in [-0.39, 0.29) is 11.5 Å². The number of ether oxygens (including phenoxy) is 2. The fraction of sp³-hybridized carbons (Fsp3) is 0.375. The molecule has 1 amide bonds. The topological polar surface area (TPSA) is 50.8 Å². The SMILES string of the molecule is CCCN(CCC)CCOc1cc(NC(=O)C=Cc2ccc(Cl)cc2F)ccc1OC. The Morgan fingerprint density at radius 2 is 1.84 bits per heavy atom. The predicted molar refractivity (Wildman–Crippen MR) is 125 cm³/mol. The fourth-order valence-corrected chi connectivity index (χ4v) is 3.26. The first kappa shape index (κ1) is 24.7. The lowest BCUT2D eigenvalue weighted by Crippen LogP contribution is -2.30. The van der Waals surface area contributed by atoms with Crippen LogP contribution in [-0.2, 0) is 4.79 Å². The molecular weight excluding hydrogens is 419 g/mol. The molecule has 0 aromatic heterocycles. The third-order valence-corrected chi connectivity index (χ3v) is 4.79. The fourth-order valence-electron chi connectivity index (χ4n) is 3.11. The van der Waals surface area contributed by atoms with Crippen molar-refractivity contribution in [2.45, 2.75) is 26.7 Å². The van der Waals surface area contributed by atoms with Crippen molar-refractivity contribution >= 4 is 29.3 Å². The standard InChI is InChI=1S/C24H30ClFN2O3/c1-4-12-28(13-5-2)14-15-31-23-17-20(9-10-22(23)30-3)27-24(29)11-7-18-6-8-19(25)16-21(18)26/h6-11,16-17H,4-5,12-15H2,1-3H3,(H,27,29). The van der Waals surface area contributed by atoms with Gasteiger partial charge in [0.05, 0.1) is 7.11 Å². The lowest BCUT2D eigenvalue weighted by molar-refractivity contribution is -0.111. The van der Waals surface area contributed by atoms with E-state index in [0.717, 1.165) is 32.5 Å². The zero-order valence-electron chi connectivity index (χ0n) is 18.3. The molecule has 1 N–H and O–H groups in total. The summed E-state index contributed by atoms with van der Waals surface area (Å²) in [6, 6.07) is 9.47. The Kier molecular flexibility index (Phi) is 10.3. The number of nitrogens with zero attached hydrogens (tertiary/aromatic N) is 1. The Morgan fingerprint density at radius 1 is 1.10 bits per heavy atom. The van der Waals surface area contributed by atoms with Gasteiger partial charge in [-0.3, -0.25) is 9.69 Å². The zero-order valence-corrected chi connectivity index (χ0v) is 19.0. The van der Waals surface area contributed by atoms with Crippen LogP contribution in [0.1, 0.15) is 32.3 Å². The average molecular weight is 449 g/mol. The van der Waals surface area contributed by atoms with Gasteiger partial charge < -0.3 is 14.8 Å². The van der Waals surface area contributed by atoms with Gasteiger partial charge in [0.25, 0.3) is 0 Å². The zero-order chi connectivity index (χ0) is 22.6. The molecule has 2 rings (SSSR count). The Hall–Kier alpha value is -2.57. The summed E-state index contributed by atoms with van der Waals surface area (Å²) in [6.07, 6.45) is 4.86. The number of methoxy groups -OCH3 is 1. The highest BCUT2D eigenvalue weighted by atomic mass is 35.5. The van der Waals surface area contributed by atoms with E-state index < -0.39 is 5.82 Å². The van der Waals surface area contributed by atoms with Gasteiger partial charge in [-0.15, -0.1) is 0 Å². The highest BCUT2D eigenvalue weighted by Gasteiger charge is 2.09. The van der Waals surface area contributed by atoms with Crippen molar-refractivity contribution in [3.63, 3.8) is 0 Å². The highest BCUT2D eigenvalue weighted by Crippen LogP contribution is 2.30. The molecule has 2 aromatic carbocycles. The van der Waals surface area contributed by atoms with Gasteiger partial charge in [-0.1, -0.05) is 31.5 Å². The van der Waals surface area contributed by atoms with Crippen molar-refractivity contribution in [2.75, 3.05) is 38.7 Å². The quantitative estimate of drug-likeness (QED) is 0.427. The molecule has 31 heavy (non-hydrogen) atoms. The Morgan fingerprint density at radius 3 is 2.48 bits per heavy atom. The minimum absolute atomic E-state index is 0.280. The van der Waals surface area contributed by atoms with E-state index in [4.69, 9.17) is 21.1 Å². The van der Waals surface area contributed by atoms with E-state index in [2.05, 4.69) is 24.1 Å². The summed E-state index contributed by atoms with van der Waals surface area (Å²) in [5, 5.41) is 3.06. The average Bonchev–Trinajstić information content (AvgIpc) is 2.73. The van der Waals surface area contributed by atoms with Crippen LogP contribution >= 0.6 is 11.6 Å². The van der Waals surface area contributed by atoms with Gasteiger partial charge in [0, 0.05) is 35.0 Å². The lowest BCUT2D eigenvalue weighted by Gasteiger charge is -2.21. The molecule has 7 heteroatoms. The summed E-state index contributed by atoms with van der Waals surface area (Å²) >= 11 is 5.74. The molecule has 0 radical (unpaired) electrons. The van der Waals surface area contributed by atoms with Gasteiger partial charge in [0.1, 0.15) is 12.4 Å². The Balaban J connectivity index is 2.00. The molecule has 0 aliphatic carbocycles. The number of anilines is 1. The second kappa shape index (κ2) is 13.0. The first-order valence-corrected chi connectivity index (χ1v) is 10.8. The molecule has 0 spiro atoms. The molecule has 0 aliphatic rings. The van der Waals surface area contributed by atoms with Crippen molar-refractivity contribution in [2.24, 2.45) is 0 Å². The number of hydrogen-bond acceptors (Lipinski definition) is 4. The van der Waals surface area contributed by atoms with Gasteiger partial charge >= 0.3 is 0 Å². The van der Waals surface area contributed by atoms with Crippen LogP contribution in [0.3, 0.4) is 0 Å². The van der Waals surface area contributed by atoms with Crippen molar-refractivity contribution in [1.29, 1.82) is 0 Å². The molecule has 0 heterocycles. The van der Waals surface area contributed by atoms with Crippen LogP contribution in [0, 0.1) is 5.82 Å². The molecule has 168 valence electrons. The summed E-state index contributed by atoms with van der Waals surface area (Å²) in [7, 11) is 1.57. The number of hydrogen-bond donors (Lipinski definition) is 1. The first-order chi connectivity index (χ1) is 15.0. The first-order valence-electron chi connectivity index (χ1n) is 10.4. The van der Waals surface area contributed by atoms with Crippen molar-refractivity contribution < 1.29 is 18.7 Å². The molecule has 0 aliphatic heterocycles. The number of carbonyl (C=O) groups is 1. The van der Waals surface area contributed by atoms with Crippen LogP contribution in [0.4, 0.5) is 10.1 Å². The van der Waals surface area contributed by atoms with Crippen molar-refractivity contribution in [3.05, 3.63) is 58.9 Å². The molecule has 0 unspecified atom stereocenters. The second-order valence-electron chi connectivity index (χ2n) is 7.04. The lowest BCUT2D eigenvalue weighted by atomic mass is 10.2. The number of nitrogens with one attached hydrogen (secondary N) is 1. The minimum atomic E-state index is -0.489. The van der Waals surface area contributed by atoms with E-state index in [1.807, 2.05) is 0 Å². The van der Waals surface area contributed by atoms with E-state index >= 15 is 0 Å². The normalized spacial score (nSPS) is 11.2. The summed E-state index contributed by atoms with van der Waals surface area (Å²) in [5.74, 6) is 0.273. The number of carbonyl (C=O) groups excluding carboxylic acids is 1. The minimum Gasteiger partial charge on any atom is -0.493 e.